The lowest BCUT2D eigenvalue weighted by atomic mass is 10.0. The Morgan fingerprint density at radius 3 is 2.04 bits per heavy atom. The van der Waals surface area contributed by atoms with Crippen molar-refractivity contribution in [1.82, 2.24) is 10.4 Å². The number of nitrogens with zero attached hydrogens (tertiary/aromatic N) is 1. The second-order valence-corrected chi connectivity index (χ2v) is 7.54. The minimum Gasteiger partial charge on any atom is -0.368 e. The molecule has 1 aromatic carbocycles. The maximum Gasteiger partial charge on any atom is 0.416 e. The van der Waals surface area contributed by atoms with Crippen molar-refractivity contribution in [2.24, 2.45) is 11.7 Å². The zero-order valence-corrected chi connectivity index (χ0v) is 16.1. The maximum absolute atomic E-state index is 12.7. The molecule has 1 rings (SSSR count). The zero-order chi connectivity index (χ0) is 21.0. The number of carbonyl (C=O) groups excluding carboxylic acids is 2. The molecule has 0 spiro atoms. The predicted octanol–water partition coefficient (Wildman–Crippen LogP) is 3.46. The summed E-state index contributed by atoms with van der Waals surface area (Å²) in [6.07, 6.45) is -4.45. The molecule has 9 heteroatoms. The average molecular weight is 389 g/mol. The second-order valence-electron chi connectivity index (χ2n) is 7.54. The molecule has 1 aromatic rings. The number of hydrogen-bond donors (Lipinski definition) is 2. The normalized spacial score (nSPS) is 13.4. The maximum atomic E-state index is 12.7. The first-order chi connectivity index (χ1) is 12.2. The SMILES string of the molecule is CC(C)[C@@H](C(N)=O)N(Cc1ccc(C(F)(F)F)cc1)C(=O)NOC(C)(C)C. The lowest BCUT2D eigenvalue weighted by molar-refractivity contribution is -0.137. The van der Waals surface area contributed by atoms with Crippen molar-refractivity contribution in [2.45, 2.75) is 59.0 Å². The first-order valence-corrected chi connectivity index (χ1v) is 8.42. The Kier molecular flexibility index (Phi) is 7.25. The third-order valence-electron chi connectivity index (χ3n) is 3.60. The summed E-state index contributed by atoms with van der Waals surface area (Å²) in [5.74, 6) is -1.03. The molecule has 6 nitrogen and oxygen atoms in total. The Morgan fingerprint density at radius 2 is 1.67 bits per heavy atom. The topological polar surface area (TPSA) is 84.7 Å². The number of carbonyl (C=O) groups is 2. The van der Waals surface area contributed by atoms with Crippen LogP contribution in [0.25, 0.3) is 0 Å². The number of hydroxylamine groups is 1. The molecule has 0 fully saturated rings. The Hall–Kier alpha value is -2.29. The van der Waals surface area contributed by atoms with E-state index in [0.717, 1.165) is 17.0 Å². The molecule has 152 valence electrons. The highest BCUT2D eigenvalue weighted by molar-refractivity contribution is 5.85. The van der Waals surface area contributed by atoms with Crippen molar-refractivity contribution < 1.29 is 27.6 Å². The molecule has 0 aliphatic heterocycles. The van der Waals surface area contributed by atoms with Gasteiger partial charge in [-0.05, 0) is 44.4 Å². The molecule has 1 atom stereocenters. The van der Waals surface area contributed by atoms with E-state index in [9.17, 15) is 22.8 Å². The van der Waals surface area contributed by atoms with Gasteiger partial charge in [0.15, 0.2) is 0 Å². The molecule has 0 aliphatic carbocycles. The summed E-state index contributed by atoms with van der Waals surface area (Å²) in [4.78, 5) is 30.8. The van der Waals surface area contributed by atoms with Crippen molar-refractivity contribution in [1.29, 1.82) is 0 Å². The van der Waals surface area contributed by atoms with Crippen LogP contribution in [-0.2, 0) is 22.4 Å². The van der Waals surface area contributed by atoms with Crippen LogP contribution in [0, 0.1) is 5.92 Å². The molecule has 0 saturated heterocycles. The minimum absolute atomic E-state index is 0.108. The van der Waals surface area contributed by atoms with E-state index in [2.05, 4.69) is 5.48 Å². The fourth-order valence-corrected chi connectivity index (χ4v) is 2.39. The molecule has 3 amide bonds. The smallest absolute Gasteiger partial charge is 0.368 e. The van der Waals surface area contributed by atoms with Crippen molar-refractivity contribution in [3.63, 3.8) is 0 Å². The number of hydrogen-bond acceptors (Lipinski definition) is 3. The Bertz CT molecular complexity index is 653. The molecule has 0 unspecified atom stereocenters. The zero-order valence-electron chi connectivity index (χ0n) is 16.1. The summed E-state index contributed by atoms with van der Waals surface area (Å²) in [6, 6.07) is 2.69. The van der Waals surface area contributed by atoms with Crippen LogP contribution in [0.15, 0.2) is 24.3 Å². The van der Waals surface area contributed by atoms with Gasteiger partial charge in [0.2, 0.25) is 5.91 Å². The molecule has 0 saturated carbocycles. The quantitative estimate of drug-likeness (QED) is 0.731. The Morgan fingerprint density at radius 1 is 1.15 bits per heavy atom. The lowest BCUT2D eigenvalue weighted by Crippen LogP contribution is -2.54. The molecule has 3 N–H and O–H groups in total. The summed E-state index contributed by atoms with van der Waals surface area (Å²) >= 11 is 0. The number of primary amides is 1. The van der Waals surface area contributed by atoms with Gasteiger partial charge in [-0.3, -0.25) is 9.63 Å². The van der Waals surface area contributed by atoms with Gasteiger partial charge >= 0.3 is 12.2 Å². The molecular formula is C18H26F3N3O3. The number of nitrogens with two attached hydrogens (primary N) is 1. The summed E-state index contributed by atoms with van der Waals surface area (Å²) in [7, 11) is 0. The number of nitrogens with one attached hydrogen (secondary N) is 1. The van der Waals surface area contributed by atoms with Gasteiger partial charge < -0.3 is 10.6 Å². The summed E-state index contributed by atoms with van der Waals surface area (Å²) < 4.78 is 38.1. The van der Waals surface area contributed by atoms with Crippen molar-refractivity contribution in [2.75, 3.05) is 0 Å². The molecule has 27 heavy (non-hydrogen) atoms. The number of amides is 3. The van der Waals surface area contributed by atoms with E-state index >= 15 is 0 Å². The van der Waals surface area contributed by atoms with E-state index in [4.69, 9.17) is 10.6 Å². The van der Waals surface area contributed by atoms with Gasteiger partial charge in [0.05, 0.1) is 11.2 Å². The molecular weight excluding hydrogens is 363 g/mol. The number of benzene rings is 1. The van der Waals surface area contributed by atoms with Gasteiger partial charge in [0, 0.05) is 6.54 Å². The van der Waals surface area contributed by atoms with Crippen LogP contribution in [0.5, 0.6) is 0 Å². The van der Waals surface area contributed by atoms with E-state index in [1.165, 1.54) is 12.1 Å². The Labute approximate surface area is 156 Å². The van der Waals surface area contributed by atoms with Crippen LogP contribution in [0.3, 0.4) is 0 Å². The lowest BCUT2D eigenvalue weighted by Gasteiger charge is -2.33. The van der Waals surface area contributed by atoms with Gasteiger partial charge in [-0.15, -0.1) is 0 Å². The van der Waals surface area contributed by atoms with Crippen LogP contribution >= 0.6 is 0 Å². The van der Waals surface area contributed by atoms with Crippen LogP contribution in [0.4, 0.5) is 18.0 Å². The summed E-state index contributed by atoms with van der Waals surface area (Å²) in [6.45, 7) is 8.49. The first kappa shape index (κ1) is 22.8. The molecule has 0 radical (unpaired) electrons. The van der Waals surface area contributed by atoms with Crippen LogP contribution in [-0.4, -0.2) is 28.5 Å². The van der Waals surface area contributed by atoms with Gasteiger partial charge in [0.1, 0.15) is 6.04 Å². The summed E-state index contributed by atoms with van der Waals surface area (Å²) in [5, 5.41) is 0. The van der Waals surface area contributed by atoms with Crippen molar-refractivity contribution in [3.05, 3.63) is 35.4 Å². The highest BCUT2D eigenvalue weighted by Gasteiger charge is 2.33. The second kappa shape index (κ2) is 8.60. The standard InChI is InChI=1S/C18H26F3N3O3/c1-11(2)14(15(22)25)24(16(26)23-27-17(3,4)5)10-12-6-8-13(9-7-12)18(19,20)21/h6-9,11,14H,10H2,1-5H3,(H2,22,25)(H,23,26)/t14-/m0/s1. The summed E-state index contributed by atoms with van der Waals surface area (Å²) in [5.41, 5.74) is 6.66. The molecule has 0 bridgehead atoms. The van der Waals surface area contributed by atoms with Crippen LogP contribution < -0.4 is 11.2 Å². The van der Waals surface area contributed by atoms with Gasteiger partial charge in [-0.1, -0.05) is 26.0 Å². The number of urea groups is 1. The van der Waals surface area contributed by atoms with E-state index in [1.54, 1.807) is 34.6 Å². The van der Waals surface area contributed by atoms with E-state index in [-0.39, 0.29) is 12.5 Å². The number of alkyl halides is 3. The first-order valence-electron chi connectivity index (χ1n) is 8.42. The molecule has 0 aliphatic rings. The van der Waals surface area contributed by atoms with E-state index < -0.39 is 35.3 Å². The average Bonchev–Trinajstić information content (AvgIpc) is 2.50. The monoisotopic (exact) mass is 389 g/mol. The minimum atomic E-state index is -4.45. The third-order valence-corrected chi connectivity index (χ3v) is 3.60. The highest BCUT2D eigenvalue weighted by Crippen LogP contribution is 2.29. The Balaban J connectivity index is 3.10. The molecule has 0 aromatic heterocycles. The van der Waals surface area contributed by atoms with Gasteiger partial charge in [-0.2, -0.15) is 13.2 Å². The van der Waals surface area contributed by atoms with Gasteiger partial charge in [-0.25, -0.2) is 10.3 Å². The van der Waals surface area contributed by atoms with Crippen molar-refractivity contribution >= 4 is 11.9 Å². The third kappa shape index (κ3) is 7.09. The van der Waals surface area contributed by atoms with E-state index in [0.29, 0.717) is 5.56 Å². The van der Waals surface area contributed by atoms with Gasteiger partial charge in [0.25, 0.3) is 0 Å². The largest absolute Gasteiger partial charge is 0.416 e. The molecule has 0 heterocycles. The van der Waals surface area contributed by atoms with Crippen molar-refractivity contribution in [3.8, 4) is 0 Å². The highest BCUT2D eigenvalue weighted by atomic mass is 19.4. The predicted molar refractivity (Wildman–Crippen MR) is 94.2 cm³/mol. The fraction of sp³-hybridized carbons (Fsp3) is 0.556. The van der Waals surface area contributed by atoms with Crippen LogP contribution in [0.1, 0.15) is 45.7 Å². The van der Waals surface area contributed by atoms with Crippen LogP contribution in [0.2, 0.25) is 0 Å². The number of halogens is 3. The van der Waals surface area contributed by atoms with E-state index in [1.807, 2.05) is 0 Å². The number of rotatable bonds is 6. The fourth-order valence-electron chi connectivity index (χ4n) is 2.39.